The molecule has 142 valence electrons. The second kappa shape index (κ2) is 8.37. The number of fused-ring (bicyclic) bond motifs is 1. The number of hydrogen-bond donors (Lipinski definition) is 2. The molecule has 2 aromatic rings. The van der Waals surface area contributed by atoms with E-state index in [0.717, 1.165) is 5.56 Å². The largest absolute Gasteiger partial charge is 0.454 e. The number of amides is 1. The highest BCUT2D eigenvalue weighted by Gasteiger charge is 2.18. The Labute approximate surface area is 155 Å². The van der Waals surface area contributed by atoms with Crippen LogP contribution in [0.1, 0.15) is 15.9 Å². The van der Waals surface area contributed by atoms with Crippen LogP contribution < -0.4 is 20.1 Å². The first-order chi connectivity index (χ1) is 13.1. The molecule has 0 saturated heterocycles. The van der Waals surface area contributed by atoms with E-state index in [1.165, 1.54) is 18.2 Å². The highest BCUT2D eigenvalue weighted by molar-refractivity contribution is 6.00. The quantitative estimate of drug-likeness (QED) is 0.415. The van der Waals surface area contributed by atoms with Crippen molar-refractivity contribution < 1.29 is 23.9 Å². The number of benzene rings is 2. The van der Waals surface area contributed by atoms with Crippen LogP contribution in [0.5, 0.6) is 11.5 Å². The van der Waals surface area contributed by atoms with Crippen LogP contribution in [0.2, 0.25) is 0 Å². The van der Waals surface area contributed by atoms with Gasteiger partial charge in [0.1, 0.15) is 0 Å². The lowest BCUT2D eigenvalue weighted by Crippen LogP contribution is -2.24. The van der Waals surface area contributed by atoms with Crippen LogP contribution in [-0.4, -0.2) is 37.9 Å². The van der Waals surface area contributed by atoms with E-state index in [1.54, 1.807) is 19.2 Å². The number of methoxy groups -OCH3 is 1. The second-order valence-electron chi connectivity index (χ2n) is 5.78. The minimum absolute atomic E-state index is 0.152. The average Bonchev–Trinajstić information content (AvgIpc) is 3.14. The molecule has 9 heteroatoms. The van der Waals surface area contributed by atoms with Crippen LogP contribution in [0.4, 0.5) is 11.4 Å². The zero-order valence-electron chi connectivity index (χ0n) is 14.7. The van der Waals surface area contributed by atoms with Crippen molar-refractivity contribution in [1.82, 2.24) is 5.32 Å². The zero-order valence-corrected chi connectivity index (χ0v) is 14.7. The summed E-state index contributed by atoms with van der Waals surface area (Å²) in [6, 6.07) is 9.50. The van der Waals surface area contributed by atoms with Crippen molar-refractivity contribution >= 4 is 17.3 Å². The van der Waals surface area contributed by atoms with Crippen molar-refractivity contribution in [2.75, 3.05) is 32.4 Å². The van der Waals surface area contributed by atoms with E-state index in [1.807, 2.05) is 6.07 Å². The van der Waals surface area contributed by atoms with E-state index < -0.39 is 10.8 Å². The maximum Gasteiger partial charge on any atom is 0.270 e. The Hall–Kier alpha value is -3.33. The summed E-state index contributed by atoms with van der Waals surface area (Å²) in [5, 5.41) is 16.9. The van der Waals surface area contributed by atoms with Gasteiger partial charge in [0, 0.05) is 38.0 Å². The number of carbonyl (C=O) groups excluding carboxylic acids is 1. The van der Waals surface area contributed by atoms with Gasteiger partial charge >= 0.3 is 0 Å². The monoisotopic (exact) mass is 373 g/mol. The molecule has 3 rings (SSSR count). The number of anilines is 1. The van der Waals surface area contributed by atoms with Gasteiger partial charge in [-0.3, -0.25) is 14.9 Å². The van der Waals surface area contributed by atoms with Crippen LogP contribution in [0.15, 0.2) is 36.4 Å². The van der Waals surface area contributed by atoms with Gasteiger partial charge in [0.25, 0.3) is 11.6 Å². The van der Waals surface area contributed by atoms with Gasteiger partial charge in [-0.2, -0.15) is 0 Å². The molecule has 1 aliphatic rings. The molecule has 27 heavy (non-hydrogen) atoms. The highest BCUT2D eigenvalue weighted by Crippen LogP contribution is 2.32. The molecule has 0 saturated carbocycles. The van der Waals surface area contributed by atoms with Crippen molar-refractivity contribution in [2.24, 2.45) is 0 Å². The van der Waals surface area contributed by atoms with Crippen LogP contribution in [-0.2, 0) is 11.3 Å². The van der Waals surface area contributed by atoms with Gasteiger partial charge < -0.3 is 24.8 Å². The molecule has 0 spiro atoms. The van der Waals surface area contributed by atoms with Crippen molar-refractivity contribution in [2.45, 2.75) is 6.54 Å². The molecule has 2 aromatic carbocycles. The van der Waals surface area contributed by atoms with Crippen molar-refractivity contribution in [1.29, 1.82) is 0 Å². The fourth-order valence-electron chi connectivity index (χ4n) is 2.60. The molecule has 1 amide bonds. The lowest BCUT2D eigenvalue weighted by atomic mass is 10.1. The molecule has 0 aliphatic carbocycles. The fourth-order valence-corrected chi connectivity index (χ4v) is 2.60. The minimum Gasteiger partial charge on any atom is -0.454 e. The predicted molar refractivity (Wildman–Crippen MR) is 97.2 cm³/mol. The van der Waals surface area contributed by atoms with Gasteiger partial charge in [0.15, 0.2) is 11.5 Å². The zero-order chi connectivity index (χ0) is 19.2. The Morgan fingerprint density at radius 1 is 1.22 bits per heavy atom. The van der Waals surface area contributed by atoms with Crippen molar-refractivity contribution in [3.05, 3.63) is 57.6 Å². The van der Waals surface area contributed by atoms with Gasteiger partial charge in [0.05, 0.1) is 17.1 Å². The van der Waals surface area contributed by atoms with Gasteiger partial charge in [-0.05, 0) is 23.8 Å². The fraction of sp³-hybridized carbons (Fsp3) is 0.278. The average molecular weight is 373 g/mol. The van der Waals surface area contributed by atoms with Gasteiger partial charge in [-0.15, -0.1) is 0 Å². The molecule has 0 atom stereocenters. The van der Waals surface area contributed by atoms with Crippen LogP contribution in [0, 0.1) is 10.1 Å². The first kappa shape index (κ1) is 18.5. The number of carbonyl (C=O) groups is 1. The smallest absolute Gasteiger partial charge is 0.270 e. The van der Waals surface area contributed by atoms with E-state index >= 15 is 0 Å². The summed E-state index contributed by atoms with van der Waals surface area (Å²) in [6.45, 7) is 1.33. The number of nitro groups is 1. The SMILES string of the molecule is COCCNc1ccc([N+](=O)[O-])cc1C(=O)NCc1ccc2c(c1)OCO2. The molecular weight excluding hydrogens is 354 g/mol. The number of nitrogens with zero attached hydrogens (tertiary/aromatic N) is 1. The summed E-state index contributed by atoms with van der Waals surface area (Å²) < 4.78 is 15.5. The molecule has 9 nitrogen and oxygen atoms in total. The van der Waals surface area contributed by atoms with Crippen molar-refractivity contribution in [3.8, 4) is 11.5 Å². The van der Waals surface area contributed by atoms with E-state index in [2.05, 4.69) is 10.6 Å². The summed E-state index contributed by atoms with van der Waals surface area (Å²) in [6.07, 6.45) is 0. The Bertz CT molecular complexity index is 855. The Balaban J connectivity index is 1.73. The van der Waals surface area contributed by atoms with Gasteiger partial charge in [-0.1, -0.05) is 6.07 Å². The number of nitro benzene ring substituents is 1. The van der Waals surface area contributed by atoms with E-state index in [4.69, 9.17) is 14.2 Å². The molecular formula is C18H19N3O6. The molecule has 0 fully saturated rings. The first-order valence-electron chi connectivity index (χ1n) is 8.26. The lowest BCUT2D eigenvalue weighted by Gasteiger charge is -2.12. The third-order valence-electron chi connectivity index (χ3n) is 3.97. The summed E-state index contributed by atoms with van der Waals surface area (Å²) in [5.74, 6) is 0.865. The Kier molecular flexibility index (Phi) is 5.72. The lowest BCUT2D eigenvalue weighted by molar-refractivity contribution is -0.384. The second-order valence-corrected chi connectivity index (χ2v) is 5.78. The number of non-ortho nitro benzene ring substituents is 1. The number of rotatable bonds is 8. The Morgan fingerprint density at radius 2 is 2.04 bits per heavy atom. The third kappa shape index (κ3) is 4.45. The maximum atomic E-state index is 12.6. The highest BCUT2D eigenvalue weighted by atomic mass is 16.7. The molecule has 1 heterocycles. The van der Waals surface area contributed by atoms with E-state index in [-0.39, 0.29) is 24.6 Å². The predicted octanol–water partition coefficient (Wildman–Crippen LogP) is 2.31. The molecule has 1 aliphatic heterocycles. The van der Waals surface area contributed by atoms with E-state index in [0.29, 0.717) is 30.3 Å². The van der Waals surface area contributed by atoms with Gasteiger partial charge in [0.2, 0.25) is 6.79 Å². The first-order valence-corrected chi connectivity index (χ1v) is 8.26. The summed E-state index contributed by atoms with van der Waals surface area (Å²) >= 11 is 0. The minimum atomic E-state index is -0.534. The van der Waals surface area contributed by atoms with Gasteiger partial charge in [-0.25, -0.2) is 0 Å². The number of hydrogen-bond acceptors (Lipinski definition) is 7. The third-order valence-corrected chi connectivity index (χ3v) is 3.97. The summed E-state index contributed by atoms with van der Waals surface area (Å²) in [4.78, 5) is 23.1. The van der Waals surface area contributed by atoms with E-state index in [9.17, 15) is 14.9 Å². The van der Waals surface area contributed by atoms with Crippen LogP contribution >= 0.6 is 0 Å². The number of nitrogens with one attached hydrogen (secondary N) is 2. The molecule has 0 aromatic heterocycles. The molecule has 2 N–H and O–H groups in total. The maximum absolute atomic E-state index is 12.6. The standard InChI is InChI=1S/C18H19N3O6/c1-25-7-6-19-15-4-3-13(21(23)24)9-14(15)18(22)20-10-12-2-5-16-17(8-12)27-11-26-16/h2-5,8-9,19H,6-7,10-11H2,1H3,(H,20,22). The van der Waals surface area contributed by atoms with Crippen LogP contribution in [0.3, 0.4) is 0 Å². The molecule has 0 unspecified atom stereocenters. The summed E-state index contributed by atoms with van der Waals surface area (Å²) in [7, 11) is 1.57. The number of ether oxygens (including phenoxy) is 3. The topological polar surface area (TPSA) is 112 Å². The Morgan fingerprint density at radius 3 is 2.81 bits per heavy atom. The molecule has 0 radical (unpaired) electrons. The van der Waals surface area contributed by atoms with Crippen molar-refractivity contribution in [3.63, 3.8) is 0 Å². The van der Waals surface area contributed by atoms with Crippen LogP contribution in [0.25, 0.3) is 0 Å². The normalized spacial score (nSPS) is 11.9. The summed E-state index contributed by atoms with van der Waals surface area (Å²) in [5.41, 5.74) is 1.37. The molecule has 0 bridgehead atoms.